The lowest BCUT2D eigenvalue weighted by molar-refractivity contribution is -0.155. The summed E-state index contributed by atoms with van der Waals surface area (Å²) in [4.78, 5) is -2.57. The molecule has 0 aromatic rings. The van der Waals surface area contributed by atoms with Crippen LogP contribution in [0.2, 0.25) is 0 Å². The van der Waals surface area contributed by atoms with Gasteiger partial charge in [0.2, 0.25) is 5.00 Å². The van der Waals surface area contributed by atoms with E-state index in [0.717, 1.165) is 12.2 Å². The van der Waals surface area contributed by atoms with Gasteiger partial charge in [-0.2, -0.15) is 13.2 Å². The van der Waals surface area contributed by atoms with Gasteiger partial charge in [0.15, 0.2) is 0 Å². The third kappa shape index (κ3) is 1.69. The molecule has 0 fully saturated rings. The highest BCUT2D eigenvalue weighted by molar-refractivity contribution is 6.31. The molecule has 1 rings (SSSR count). The zero-order valence-corrected chi connectivity index (χ0v) is 7.13. The number of hydrogen-bond donors (Lipinski definition) is 1. The Hall–Kier alpha value is -0.350. The molecule has 0 aromatic heterocycles. The van der Waals surface area contributed by atoms with E-state index in [2.05, 4.69) is 0 Å². The molecule has 1 atom stereocenters. The highest BCUT2D eigenvalue weighted by Crippen LogP contribution is 2.37. The fraction of sp³-hybridized carbons (Fsp3) is 0.333. The lowest BCUT2D eigenvalue weighted by atomic mass is 10.2. The quantitative estimate of drug-likeness (QED) is 0.486. The van der Waals surface area contributed by atoms with Crippen LogP contribution in [0.25, 0.3) is 0 Å². The fourth-order valence-corrected chi connectivity index (χ4v) is 1.13. The van der Waals surface area contributed by atoms with Crippen LogP contribution >= 0.6 is 23.2 Å². The molecule has 1 aliphatic heterocycles. The van der Waals surface area contributed by atoms with Gasteiger partial charge in [0, 0.05) is 0 Å². The highest BCUT2D eigenvalue weighted by atomic mass is 35.5. The van der Waals surface area contributed by atoms with E-state index in [-0.39, 0.29) is 5.16 Å². The van der Waals surface area contributed by atoms with Gasteiger partial charge in [-0.3, -0.25) is 0 Å². The first-order valence-electron chi connectivity index (χ1n) is 2.94. The molecule has 0 aliphatic carbocycles. The molecule has 0 bridgehead atoms. The van der Waals surface area contributed by atoms with Crippen molar-refractivity contribution in [3.63, 3.8) is 0 Å². The fourth-order valence-electron chi connectivity index (χ4n) is 0.688. The Morgan fingerprint density at radius 2 is 2.00 bits per heavy atom. The zero-order chi connectivity index (χ0) is 9.41. The van der Waals surface area contributed by atoms with Crippen LogP contribution in [0.15, 0.2) is 23.4 Å². The Kier molecular flexibility index (Phi) is 2.31. The van der Waals surface area contributed by atoms with Crippen molar-refractivity contribution in [1.29, 1.82) is 0 Å². The molecular weight excluding hydrogens is 214 g/mol. The van der Waals surface area contributed by atoms with E-state index in [1.165, 1.54) is 6.08 Å². The third-order valence-electron chi connectivity index (χ3n) is 1.28. The topological polar surface area (TPSA) is 12.0 Å². The Morgan fingerprint density at radius 3 is 2.33 bits per heavy atom. The molecule has 68 valence electrons. The van der Waals surface area contributed by atoms with Crippen molar-refractivity contribution in [2.45, 2.75) is 11.2 Å². The third-order valence-corrected chi connectivity index (χ3v) is 1.94. The smallest absolute Gasteiger partial charge is 0.347 e. The molecule has 0 radical (unpaired) electrons. The second-order valence-corrected chi connectivity index (χ2v) is 3.21. The number of dihydropyridines is 1. The molecule has 0 spiro atoms. The van der Waals surface area contributed by atoms with Gasteiger partial charge in [-0.15, -0.1) is 0 Å². The molecule has 0 aromatic carbocycles. The maximum absolute atomic E-state index is 12.2. The van der Waals surface area contributed by atoms with E-state index in [1.807, 2.05) is 5.32 Å². The molecule has 1 N–H and O–H groups in total. The van der Waals surface area contributed by atoms with Crippen molar-refractivity contribution in [3.05, 3.63) is 23.4 Å². The summed E-state index contributed by atoms with van der Waals surface area (Å²) in [6.07, 6.45) is -1.34. The Bertz CT molecular complexity index is 246. The van der Waals surface area contributed by atoms with Crippen LogP contribution in [0.5, 0.6) is 0 Å². The second kappa shape index (κ2) is 2.85. The molecule has 0 amide bonds. The van der Waals surface area contributed by atoms with Crippen molar-refractivity contribution in [3.8, 4) is 0 Å². The summed E-state index contributed by atoms with van der Waals surface area (Å²) in [7, 11) is 0. The van der Waals surface area contributed by atoms with Gasteiger partial charge in [0.1, 0.15) is 5.16 Å². The average Bonchev–Trinajstić information content (AvgIpc) is 1.83. The minimum Gasteiger partial charge on any atom is -0.347 e. The molecule has 0 saturated carbocycles. The highest BCUT2D eigenvalue weighted by Gasteiger charge is 2.53. The number of halogens is 5. The molecule has 12 heavy (non-hydrogen) atoms. The van der Waals surface area contributed by atoms with Crippen LogP contribution in [0.1, 0.15) is 0 Å². The normalized spacial score (nSPS) is 29.6. The second-order valence-electron chi connectivity index (χ2n) is 2.21. The first kappa shape index (κ1) is 9.74. The average molecular weight is 218 g/mol. The van der Waals surface area contributed by atoms with E-state index in [1.54, 1.807) is 0 Å². The van der Waals surface area contributed by atoms with E-state index in [9.17, 15) is 13.2 Å². The van der Waals surface area contributed by atoms with E-state index in [0.29, 0.717) is 0 Å². The standard InChI is InChI=1S/C6H4Cl2F3N/c7-4-2-1-3-5(8,12-4)6(9,10)11/h1-3,12H. The molecule has 1 nitrogen and oxygen atoms in total. The minimum absolute atomic E-state index is 0.134. The van der Waals surface area contributed by atoms with Crippen LogP contribution < -0.4 is 5.32 Å². The molecule has 1 aliphatic rings. The number of hydrogen-bond acceptors (Lipinski definition) is 1. The van der Waals surface area contributed by atoms with Crippen molar-refractivity contribution >= 4 is 23.2 Å². The lowest BCUT2D eigenvalue weighted by Gasteiger charge is -2.29. The largest absolute Gasteiger partial charge is 0.429 e. The minimum atomic E-state index is -4.57. The Labute approximate surface area is 76.8 Å². The molecule has 1 heterocycles. The van der Waals surface area contributed by atoms with Gasteiger partial charge in [0.25, 0.3) is 0 Å². The van der Waals surface area contributed by atoms with Crippen LogP contribution in [0.3, 0.4) is 0 Å². The first-order chi connectivity index (χ1) is 5.35. The van der Waals surface area contributed by atoms with E-state index in [4.69, 9.17) is 23.2 Å². The van der Waals surface area contributed by atoms with E-state index < -0.39 is 11.2 Å². The van der Waals surface area contributed by atoms with Gasteiger partial charge in [-0.05, 0) is 12.2 Å². The van der Waals surface area contributed by atoms with Gasteiger partial charge >= 0.3 is 6.18 Å². The maximum atomic E-state index is 12.2. The maximum Gasteiger partial charge on any atom is 0.429 e. The predicted octanol–water partition coefficient (Wildman–Crippen LogP) is 2.72. The van der Waals surface area contributed by atoms with Crippen LogP contribution in [-0.2, 0) is 0 Å². The van der Waals surface area contributed by atoms with Crippen LogP contribution in [0, 0.1) is 0 Å². The van der Waals surface area contributed by atoms with Crippen molar-refractivity contribution in [2.75, 3.05) is 0 Å². The number of rotatable bonds is 0. The van der Waals surface area contributed by atoms with Crippen molar-refractivity contribution < 1.29 is 13.2 Å². The molecule has 1 unspecified atom stereocenters. The molecule has 6 heteroatoms. The Balaban J connectivity index is 2.90. The van der Waals surface area contributed by atoms with Crippen molar-refractivity contribution in [2.24, 2.45) is 0 Å². The number of allylic oxidation sites excluding steroid dienone is 2. The van der Waals surface area contributed by atoms with Gasteiger partial charge in [-0.1, -0.05) is 29.3 Å². The summed E-state index contributed by atoms with van der Waals surface area (Å²) < 4.78 is 36.5. The molecule has 0 saturated heterocycles. The summed E-state index contributed by atoms with van der Waals surface area (Å²) in [6, 6.07) is 0. The van der Waals surface area contributed by atoms with E-state index >= 15 is 0 Å². The Morgan fingerprint density at radius 1 is 1.42 bits per heavy atom. The summed E-state index contributed by atoms with van der Waals surface area (Å²) in [5.74, 6) is 0. The zero-order valence-electron chi connectivity index (χ0n) is 5.62. The predicted molar refractivity (Wildman–Crippen MR) is 40.9 cm³/mol. The van der Waals surface area contributed by atoms with Gasteiger partial charge < -0.3 is 5.32 Å². The summed E-state index contributed by atoms with van der Waals surface area (Å²) >= 11 is 10.5. The number of alkyl halides is 4. The molecular formula is C6H4Cl2F3N. The van der Waals surface area contributed by atoms with Crippen molar-refractivity contribution in [1.82, 2.24) is 5.32 Å². The summed E-state index contributed by atoms with van der Waals surface area (Å²) in [6.45, 7) is 0. The number of nitrogens with one attached hydrogen (secondary N) is 1. The van der Waals surface area contributed by atoms with Crippen LogP contribution in [0.4, 0.5) is 13.2 Å². The summed E-state index contributed by atoms with van der Waals surface area (Å²) in [5.41, 5.74) is 0. The van der Waals surface area contributed by atoms with Crippen LogP contribution in [-0.4, -0.2) is 11.2 Å². The summed E-state index contributed by atoms with van der Waals surface area (Å²) in [5, 5.41) is 1.78. The first-order valence-corrected chi connectivity index (χ1v) is 3.69. The van der Waals surface area contributed by atoms with Gasteiger partial charge in [-0.25, -0.2) is 0 Å². The van der Waals surface area contributed by atoms with Gasteiger partial charge in [0.05, 0.1) is 0 Å². The SMILES string of the molecule is FC(F)(F)C1(Cl)C=CC=C(Cl)N1. The lowest BCUT2D eigenvalue weighted by Crippen LogP contribution is -2.50. The monoisotopic (exact) mass is 217 g/mol.